The van der Waals surface area contributed by atoms with Crippen molar-refractivity contribution in [3.05, 3.63) is 24.3 Å². The van der Waals surface area contributed by atoms with Crippen molar-refractivity contribution in [1.29, 1.82) is 0 Å². The second-order valence-electron chi connectivity index (χ2n) is 12.9. The highest BCUT2D eigenvalue weighted by Gasteiger charge is 2.05. The van der Waals surface area contributed by atoms with Crippen LogP contribution in [-0.4, -0.2) is 21.6 Å². The molecule has 0 atom stereocenters. The summed E-state index contributed by atoms with van der Waals surface area (Å²) in [6.07, 6.45) is 40.1. The van der Waals surface area contributed by atoms with E-state index in [1.807, 2.05) is 0 Å². The zero-order valence-electron chi connectivity index (χ0n) is 29.3. The van der Waals surface area contributed by atoms with Gasteiger partial charge >= 0.3 is 0 Å². The Labute approximate surface area is 275 Å². The van der Waals surface area contributed by atoms with Gasteiger partial charge in [-0.15, -0.1) is 0 Å². The Morgan fingerprint density at radius 1 is 0.455 bits per heavy atom. The van der Waals surface area contributed by atoms with E-state index >= 15 is 0 Å². The van der Waals surface area contributed by atoms with Gasteiger partial charge in [-0.05, 0) is 37.1 Å². The van der Waals surface area contributed by atoms with E-state index in [2.05, 4.69) is 13.8 Å². The SMILES string of the molecule is CCCCCCCCCCCCCCCCOCCCCCCCCCCCCCCCC.Nc1ccc(S(N)(=O)=O)cc1. The molecule has 1 aromatic rings. The highest BCUT2D eigenvalue weighted by atomic mass is 32.2. The fourth-order valence-corrected chi connectivity index (χ4v) is 6.07. The maximum Gasteiger partial charge on any atom is 0.238 e. The molecule has 6 heteroatoms. The van der Waals surface area contributed by atoms with Crippen LogP contribution in [0.15, 0.2) is 29.2 Å². The Morgan fingerprint density at radius 2 is 0.705 bits per heavy atom. The summed E-state index contributed by atoms with van der Waals surface area (Å²) in [5.41, 5.74) is 5.85. The predicted molar refractivity (Wildman–Crippen MR) is 194 cm³/mol. The molecule has 0 unspecified atom stereocenters. The molecule has 0 fully saturated rings. The van der Waals surface area contributed by atoms with E-state index in [1.165, 1.54) is 204 Å². The lowest BCUT2D eigenvalue weighted by Crippen LogP contribution is -2.11. The molecule has 44 heavy (non-hydrogen) atoms. The van der Waals surface area contributed by atoms with Gasteiger partial charge in [-0.2, -0.15) is 0 Å². The second-order valence-corrected chi connectivity index (χ2v) is 14.5. The van der Waals surface area contributed by atoms with E-state index in [1.54, 1.807) is 0 Å². The molecule has 0 aliphatic carbocycles. The first-order valence-electron chi connectivity index (χ1n) is 18.9. The molecule has 0 amide bonds. The van der Waals surface area contributed by atoms with E-state index in [4.69, 9.17) is 15.6 Å². The summed E-state index contributed by atoms with van der Waals surface area (Å²) in [4.78, 5) is 0.0756. The molecule has 0 heterocycles. The summed E-state index contributed by atoms with van der Waals surface area (Å²) >= 11 is 0. The quantitative estimate of drug-likeness (QED) is 0.0624. The van der Waals surface area contributed by atoms with E-state index in [0.717, 1.165) is 13.2 Å². The molecule has 0 aromatic heterocycles. The van der Waals surface area contributed by atoms with Crippen LogP contribution in [0.3, 0.4) is 0 Å². The molecule has 0 spiro atoms. The van der Waals surface area contributed by atoms with Gasteiger partial charge in [0, 0.05) is 18.9 Å². The van der Waals surface area contributed by atoms with Crippen molar-refractivity contribution in [3.63, 3.8) is 0 Å². The van der Waals surface area contributed by atoms with Crippen LogP contribution in [0.5, 0.6) is 0 Å². The largest absolute Gasteiger partial charge is 0.399 e. The molecule has 0 aliphatic rings. The molecule has 1 aromatic carbocycles. The van der Waals surface area contributed by atoms with Gasteiger partial charge in [0.2, 0.25) is 10.0 Å². The third-order valence-electron chi connectivity index (χ3n) is 8.49. The summed E-state index contributed by atoms with van der Waals surface area (Å²) in [6.45, 7) is 6.59. The monoisotopic (exact) mass is 639 g/mol. The van der Waals surface area contributed by atoms with Gasteiger partial charge in [0.25, 0.3) is 0 Å². The average molecular weight is 639 g/mol. The van der Waals surface area contributed by atoms with Crippen molar-refractivity contribution in [2.75, 3.05) is 18.9 Å². The van der Waals surface area contributed by atoms with Crippen molar-refractivity contribution in [3.8, 4) is 0 Å². The van der Waals surface area contributed by atoms with Crippen molar-refractivity contribution in [1.82, 2.24) is 0 Å². The summed E-state index contributed by atoms with van der Waals surface area (Å²) in [6, 6.07) is 5.70. The molecule has 0 bridgehead atoms. The van der Waals surface area contributed by atoms with Crippen LogP contribution >= 0.6 is 0 Å². The van der Waals surface area contributed by atoms with Crippen LogP contribution in [-0.2, 0) is 14.8 Å². The number of nitrogen functional groups attached to an aromatic ring is 1. The second kappa shape index (κ2) is 33.3. The van der Waals surface area contributed by atoms with Gasteiger partial charge in [0.1, 0.15) is 0 Å². The number of anilines is 1. The fraction of sp³-hybridized carbons (Fsp3) is 0.842. The Hall–Kier alpha value is -1.11. The van der Waals surface area contributed by atoms with Crippen molar-refractivity contribution in [2.24, 2.45) is 5.14 Å². The molecule has 4 N–H and O–H groups in total. The Balaban J connectivity index is 0.00000139. The molecule has 1 rings (SSSR count). The summed E-state index contributed by atoms with van der Waals surface area (Å²) < 4.78 is 27.2. The van der Waals surface area contributed by atoms with Gasteiger partial charge in [-0.25, -0.2) is 13.6 Å². The molecular weight excluding hydrogens is 564 g/mol. The topological polar surface area (TPSA) is 95.4 Å². The standard InChI is InChI=1S/C32H66O.C6H8N2O2S/c1-3-5-7-9-11-13-15-17-19-21-23-25-27-29-31-33-32-30-28-26-24-22-20-18-16-14-12-10-8-6-4-2;7-5-1-3-6(4-2-5)11(8,9)10/h3-32H2,1-2H3;1-4H,7H2,(H2,8,9,10). The maximum atomic E-state index is 10.7. The van der Waals surface area contributed by atoms with Crippen LogP contribution in [0.4, 0.5) is 5.69 Å². The molecule has 0 radical (unpaired) electrons. The van der Waals surface area contributed by atoms with Crippen LogP contribution in [0.2, 0.25) is 0 Å². The number of hydrogen-bond acceptors (Lipinski definition) is 4. The van der Waals surface area contributed by atoms with Gasteiger partial charge < -0.3 is 10.5 Å². The number of rotatable bonds is 31. The predicted octanol–water partition coefficient (Wildman–Crippen LogP) is 11.9. The number of ether oxygens (including phenoxy) is 1. The Kier molecular flexibility index (Phi) is 32.4. The van der Waals surface area contributed by atoms with Gasteiger partial charge in [0.15, 0.2) is 0 Å². The number of sulfonamides is 1. The Bertz CT molecular complexity index is 769. The number of nitrogens with two attached hydrogens (primary N) is 2. The first-order chi connectivity index (χ1) is 21.4. The highest BCUT2D eigenvalue weighted by molar-refractivity contribution is 7.89. The van der Waals surface area contributed by atoms with Crippen molar-refractivity contribution in [2.45, 2.75) is 199 Å². The lowest BCUT2D eigenvalue weighted by atomic mass is 10.0. The normalized spacial score (nSPS) is 11.4. The third kappa shape index (κ3) is 32.3. The number of unbranched alkanes of at least 4 members (excludes halogenated alkanes) is 26. The van der Waals surface area contributed by atoms with E-state index in [0.29, 0.717) is 5.69 Å². The zero-order chi connectivity index (χ0) is 32.4. The van der Waals surface area contributed by atoms with Crippen LogP contribution < -0.4 is 10.9 Å². The van der Waals surface area contributed by atoms with Crippen LogP contribution in [0.1, 0.15) is 194 Å². The minimum Gasteiger partial charge on any atom is -0.399 e. The van der Waals surface area contributed by atoms with Gasteiger partial charge in [-0.3, -0.25) is 0 Å². The number of hydrogen-bond donors (Lipinski definition) is 2. The molecule has 0 aliphatic heterocycles. The van der Waals surface area contributed by atoms with Crippen molar-refractivity contribution < 1.29 is 13.2 Å². The average Bonchev–Trinajstić information content (AvgIpc) is 3.00. The van der Waals surface area contributed by atoms with Crippen LogP contribution in [0, 0.1) is 0 Å². The summed E-state index contributed by atoms with van der Waals surface area (Å²) in [7, 11) is -3.58. The molecule has 0 saturated heterocycles. The van der Waals surface area contributed by atoms with E-state index in [9.17, 15) is 8.42 Å². The molecule has 0 saturated carbocycles. The zero-order valence-corrected chi connectivity index (χ0v) is 30.1. The summed E-state index contributed by atoms with van der Waals surface area (Å²) in [5, 5.41) is 4.84. The number of primary sulfonamides is 1. The molecule has 260 valence electrons. The van der Waals surface area contributed by atoms with Crippen LogP contribution in [0.25, 0.3) is 0 Å². The lowest BCUT2D eigenvalue weighted by Gasteiger charge is -2.05. The summed E-state index contributed by atoms with van der Waals surface area (Å²) in [5.74, 6) is 0. The van der Waals surface area contributed by atoms with E-state index < -0.39 is 10.0 Å². The maximum absolute atomic E-state index is 10.7. The molecule has 5 nitrogen and oxygen atoms in total. The third-order valence-corrected chi connectivity index (χ3v) is 9.42. The minimum absolute atomic E-state index is 0.0756. The Morgan fingerprint density at radius 3 is 0.955 bits per heavy atom. The highest BCUT2D eigenvalue weighted by Crippen LogP contribution is 2.15. The lowest BCUT2D eigenvalue weighted by molar-refractivity contribution is 0.125. The van der Waals surface area contributed by atoms with E-state index in [-0.39, 0.29) is 4.90 Å². The smallest absolute Gasteiger partial charge is 0.238 e. The van der Waals surface area contributed by atoms with Crippen molar-refractivity contribution >= 4 is 15.7 Å². The fourth-order valence-electron chi connectivity index (χ4n) is 5.56. The first-order valence-corrected chi connectivity index (χ1v) is 20.4. The molecular formula is C38H74N2O3S. The van der Waals surface area contributed by atoms with Gasteiger partial charge in [0.05, 0.1) is 4.90 Å². The van der Waals surface area contributed by atoms with Gasteiger partial charge in [-0.1, -0.05) is 181 Å². The minimum atomic E-state index is -3.58. The first kappa shape index (κ1) is 42.9. The number of benzene rings is 1.